The topological polar surface area (TPSA) is 96.1 Å². The van der Waals surface area contributed by atoms with Gasteiger partial charge in [-0.15, -0.1) is 0 Å². The largest absolute Gasteiger partial charge is 0.356 e. The SMILES string of the molecule is O=C1CO[C@H](C(=O)NCc2cc(-c3ccccc3)n[nH]2)[C@@H](c2ccccc2)N1. The Labute approximate surface area is 162 Å². The highest BCUT2D eigenvalue weighted by Gasteiger charge is 2.35. The van der Waals surface area contributed by atoms with E-state index in [0.717, 1.165) is 22.5 Å². The third-order valence-electron chi connectivity index (χ3n) is 4.58. The van der Waals surface area contributed by atoms with Gasteiger partial charge < -0.3 is 15.4 Å². The predicted molar refractivity (Wildman–Crippen MR) is 103 cm³/mol. The molecule has 142 valence electrons. The van der Waals surface area contributed by atoms with Crippen LogP contribution in [0.3, 0.4) is 0 Å². The summed E-state index contributed by atoms with van der Waals surface area (Å²) in [6, 6.07) is 20.5. The van der Waals surface area contributed by atoms with Crippen LogP contribution >= 0.6 is 0 Å². The zero-order chi connectivity index (χ0) is 19.3. The summed E-state index contributed by atoms with van der Waals surface area (Å²) in [7, 11) is 0. The molecular formula is C21H20N4O3. The summed E-state index contributed by atoms with van der Waals surface area (Å²) in [5.41, 5.74) is 3.42. The van der Waals surface area contributed by atoms with E-state index in [9.17, 15) is 9.59 Å². The van der Waals surface area contributed by atoms with E-state index >= 15 is 0 Å². The van der Waals surface area contributed by atoms with Crippen molar-refractivity contribution < 1.29 is 14.3 Å². The summed E-state index contributed by atoms with van der Waals surface area (Å²) in [6.07, 6.45) is -0.795. The zero-order valence-corrected chi connectivity index (χ0v) is 15.1. The van der Waals surface area contributed by atoms with Crippen molar-refractivity contribution in [1.29, 1.82) is 0 Å². The number of hydrogen-bond acceptors (Lipinski definition) is 4. The van der Waals surface area contributed by atoms with E-state index in [2.05, 4.69) is 20.8 Å². The summed E-state index contributed by atoms with van der Waals surface area (Å²) in [5.74, 6) is -0.524. The molecule has 0 saturated carbocycles. The minimum absolute atomic E-state index is 0.135. The first kappa shape index (κ1) is 17.9. The van der Waals surface area contributed by atoms with Crippen molar-refractivity contribution in [2.45, 2.75) is 18.7 Å². The van der Waals surface area contributed by atoms with Crippen LogP contribution in [0.15, 0.2) is 66.7 Å². The van der Waals surface area contributed by atoms with Gasteiger partial charge in [-0.1, -0.05) is 60.7 Å². The molecule has 1 aliphatic rings. The first-order valence-corrected chi connectivity index (χ1v) is 9.04. The molecule has 0 radical (unpaired) electrons. The number of nitrogens with zero attached hydrogens (tertiary/aromatic N) is 1. The number of H-pyrrole nitrogens is 1. The Morgan fingerprint density at radius 3 is 2.57 bits per heavy atom. The average Bonchev–Trinajstić information content (AvgIpc) is 3.22. The van der Waals surface area contributed by atoms with Crippen LogP contribution in [0, 0.1) is 0 Å². The lowest BCUT2D eigenvalue weighted by Gasteiger charge is -2.31. The van der Waals surface area contributed by atoms with Gasteiger partial charge in [-0.3, -0.25) is 14.7 Å². The minimum Gasteiger partial charge on any atom is -0.356 e. The Morgan fingerprint density at radius 2 is 1.82 bits per heavy atom. The third kappa shape index (κ3) is 3.94. The Kier molecular flexibility index (Phi) is 5.16. The second kappa shape index (κ2) is 8.06. The zero-order valence-electron chi connectivity index (χ0n) is 15.1. The van der Waals surface area contributed by atoms with Gasteiger partial charge in [0.2, 0.25) is 5.91 Å². The molecule has 4 rings (SSSR count). The fourth-order valence-electron chi connectivity index (χ4n) is 3.19. The number of carbonyl (C=O) groups is 2. The van der Waals surface area contributed by atoms with Gasteiger partial charge in [0.1, 0.15) is 6.61 Å². The number of rotatable bonds is 5. The first-order chi connectivity index (χ1) is 13.7. The molecule has 1 saturated heterocycles. The predicted octanol–water partition coefficient (Wildman–Crippen LogP) is 1.95. The maximum Gasteiger partial charge on any atom is 0.251 e. The molecule has 28 heavy (non-hydrogen) atoms. The van der Waals surface area contributed by atoms with Gasteiger partial charge in [0.05, 0.1) is 24.0 Å². The lowest BCUT2D eigenvalue weighted by atomic mass is 9.99. The highest BCUT2D eigenvalue weighted by atomic mass is 16.5. The second-order valence-corrected chi connectivity index (χ2v) is 6.55. The number of nitrogens with one attached hydrogen (secondary N) is 3. The van der Waals surface area contributed by atoms with Crippen LogP contribution in [0.5, 0.6) is 0 Å². The number of ether oxygens (including phenoxy) is 1. The Balaban J connectivity index is 1.43. The molecule has 7 nitrogen and oxygen atoms in total. The molecule has 1 fully saturated rings. The van der Waals surface area contributed by atoms with Gasteiger partial charge in [0, 0.05) is 5.56 Å². The van der Waals surface area contributed by atoms with Gasteiger partial charge in [0.15, 0.2) is 6.10 Å². The summed E-state index contributed by atoms with van der Waals surface area (Å²) in [6.45, 7) is 0.150. The quantitative estimate of drug-likeness (QED) is 0.634. The van der Waals surface area contributed by atoms with Gasteiger partial charge in [0.25, 0.3) is 5.91 Å². The molecule has 3 N–H and O–H groups in total. The molecule has 0 aliphatic carbocycles. The number of amides is 2. The fraction of sp³-hybridized carbons (Fsp3) is 0.190. The number of aromatic nitrogens is 2. The van der Waals surface area contributed by atoms with Crippen LogP contribution in [-0.2, 0) is 20.9 Å². The summed E-state index contributed by atoms with van der Waals surface area (Å²) in [4.78, 5) is 24.5. The maximum atomic E-state index is 12.7. The van der Waals surface area contributed by atoms with Crippen molar-refractivity contribution in [2.75, 3.05) is 6.61 Å². The lowest BCUT2D eigenvalue weighted by Crippen LogP contribution is -2.52. The van der Waals surface area contributed by atoms with Crippen LogP contribution in [-0.4, -0.2) is 34.7 Å². The second-order valence-electron chi connectivity index (χ2n) is 6.55. The highest BCUT2D eigenvalue weighted by molar-refractivity contribution is 5.86. The normalized spacial score (nSPS) is 19.1. The van der Waals surface area contributed by atoms with E-state index in [0.29, 0.717) is 0 Å². The average molecular weight is 376 g/mol. The summed E-state index contributed by atoms with van der Waals surface area (Å²) >= 11 is 0. The summed E-state index contributed by atoms with van der Waals surface area (Å²) < 4.78 is 5.53. The number of carbonyl (C=O) groups excluding carboxylic acids is 2. The molecule has 0 bridgehead atoms. The van der Waals surface area contributed by atoms with E-state index in [1.54, 1.807) is 0 Å². The molecule has 2 atom stereocenters. The van der Waals surface area contributed by atoms with Crippen LogP contribution < -0.4 is 10.6 Å². The van der Waals surface area contributed by atoms with E-state index < -0.39 is 12.1 Å². The Morgan fingerprint density at radius 1 is 1.11 bits per heavy atom. The first-order valence-electron chi connectivity index (χ1n) is 9.04. The highest BCUT2D eigenvalue weighted by Crippen LogP contribution is 2.23. The molecule has 0 spiro atoms. The van der Waals surface area contributed by atoms with Crippen molar-refractivity contribution in [1.82, 2.24) is 20.8 Å². The van der Waals surface area contributed by atoms with Crippen LogP contribution in [0.2, 0.25) is 0 Å². The number of aromatic amines is 1. The molecule has 1 aromatic heterocycles. The molecule has 7 heteroatoms. The molecule has 2 aromatic carbocycles. The van der Waals surface area contributed by atoms with E-state index in [1.807, 2.05) is 66.7 Å². The van der Waals surface area contributed by atoms with Crippen molar-refractivity contribution >= 4 is 11.8 Å². The van der Waals surface area contributed by atoms with Crippen LogP contribution in [0.4, 0.5) is 0 Å². The molecule has 2 amide bonds. The molecule has 3 aromatic rings. The molecule has 1 aliphatic heterocycles. The van der Waals surface area contributed by atoms with Crippen molar-refractivity contribution in [2.24, 2.45) is 0 Å². The monoisotopic (exact) mass is 376 g/mol. The Bertz CT molecular complexity index is 956. The number of benzene rings is 2. The smallest absolute Gasteiger partial charge is 0.251 e. The van der Waals surface area contributed by atoms with Crippen molar-refractivity contribution in [3.63, 3.8) is 0 Å². The molecule has 2 heterocycles. The van der Waals surface area contributed by atoms with Crippen molar-refractivity contribution in [3.05, 3.63) is 78.0 Å². The van der Waals surface area contributed by atoms with Gasteiger partial charge >= 0.3 is 0 Å². The van der Waals surface area contributed by atoms with Gasteiger partial charge in [-0.05, 0) is 11.6 Å². The van der Waals surface area contributed by atoms with Crippen LogP contribution in [0.1, 0.15) is 17.3 Å². The standard InChI is InChI=1S/C21H20N4O3/c26-18-13-28-20(19(23-18)15-9-5-2-6-10-15)21(27)22-12-16-11-17(25-24-16)14-7-3-1-4-8-14/h1-11,19-20H,12-13H2,(H,22,27)(H,23,26)(H,24,25)/t19-,20+/m1/s1. The van der Waals surface area contributed by atoms with E-state index in [4.69, 9.17) is 4.74 Å². The molecule has 0 unspecified atom stereocenters. The third-order valence-corrected chi connectivity index (χ3v) is 4.58. The van der Waals surface area contributed by atoms with Crippen LogP contribution in [0.25, 0.3) is 11.3 Å². The lowest BCUT2D eigenvalue weighted by molar-refractivity contribution is -0.148. The molecular weight excluding hydrogens is 356 g/mol. The van der Waals surface area contributed by atoms with Gasteiger partial charge in [-0.2, -0.15) is 5.10 Å². The fourth-order valence-corrected chi connectivity index (χ4v) is 3.19. The van der Waals surface area contributed by atoms with Crippen molar-refractivity contribution in [3.8, 4) is 11.3 Å². The summed E-state index contributed by atoms with van der Waals surface area (Å²) in [5, 5.41) is 12.9. The minimum atomic E-state index is -0.795. The Hall–Kier alpha value is -3.45. The number of hydrogen-bond donors (Lipinski definition) is 3. The maximum absolute atomic E-state index is 12.7. The number of morpholine rings is 1. The van der Waals surface area contributed by atoms with E-state index in [1.165, 1.54) is 0 Å². The van der Waals surface area contributed by atoms with Gasteiger partial charge in [-0.25, -0.2) is 0 Å². The van der Waals surface area contributed by atoms with E-state index in [-0.39, 0.29) is 25.0 Å².